The van der Waals surface area contributed by atoms with Crippen molar-refractivity contribution in [3.63, 3.8) is 0 Å². The minimum atomic E-state index is -0.352. The molecule has 0 aliphatic heterocycles. The van der Waals surface area contributed by atoms with Gasteiger partial charge in [0.2, 0.25) is 0 Å². The summed E-state index contributed by atoms with van der Waals surface area (Å²) in [6.45, 7) is 17.0. The Kier molecular flexibility index (Phi) is 15.6. The third kappa shape index (κ3) is 17.5. The SMILES string of the molecule is C=C(C)C(=O)O[C-](C)C.C=C(C)C(=O)O[C-](C)C.[Y]. The summed E-state index contributed by atoms with van der Waals surface area (Å²) in [5, 5.41) is 0. The average molecular weight is 343 g/mol. The molecule has 0 spiro atoms. The number of carbonyl (C=O) groups is 2. The van der Waals surface area contributed by atoms with E-state index in [1.807, 2.05) is 0 Å². The van der Waals surface area contributed by atoms with E-state index < -0.39 is 0 Å². The third-order valence-corrected chi connectivity index (χ3v) is 1.29. The van der Waals surface area contributed by atoms with Crippen LogP contribution in [0, 0.1) is 12.2 Å². The van der Waals surface area contributed by atoms with Crippen molar-refractivity contribution in [3.8, 4) is 0 Å². The Labute approximate surface area is 141 Å². The van der Waals surface area contributed by atoms with Gasteiger partial charge in [-0.15, -0.1) is 12.2 Å². The van der Waals surface area contributed by atoms with E-state index in [1.165, 1.54) is 0 Å². The molecule has 107 valence electrons. The Morgan fingerprint density at radius 1 is 0.789 bits per heavy atom. The molecule has 0 aromatic heterocycles. The van der Waals surface area contributed by atoms with E-state index in [1.54, 1.807) is 41.5 Å². The normalized spacial score (nSPS) is 8.84. The minimum Gasteiger partial charge on any atom is -0.631 e. The summed E-state index contributed by atoms with van der Waals surface area (Å²) >= 11 is 0. The van der Waals surface area contributed by atoms with Crippen LogP contribution in [-0.2, 0) is 51.8 Å². The molecule has 0 atom stereocenters. The monoisotopic (exact) mass is 343 g/mol. The molecule has 0 N–H and O–H groups in total. The van der Waals surface area contributed by atoms with Crippen molar-refractivity contribution in [2.24, 2.45) is 0 Å². The zero-order valence-electron chi connectivity index (χ0n) is 12.6. The molecule has 0 aromatic carbocycles. The van der Waals surface area contributed by atoms with Gasteiger partial charge in [0, 0.05) is 43.9 Å². The molecule has 1 radical (unpaired) electrons. The van der Waals surface area contributed by atoms with Gasteiger partial charge in [0.05, 0.1) is 0 Å². The summed E-state index contributed by atoms with van der Waals surface area (Å²) in [5.74, 6) is -0.704. The van der Waals surface area contributed by atoms with Crippen LogP contribution in [0.15, 0.2) is 24.3 Å². The fourth-order valence-corrected chi connectivity index (χ4v) is 0.545. The molecule has 0 saturated carbocycles. The molecular weight excluding hydrogens is 321 g/mol. The quantitative estimate of drug-likeness (QED) is 0.446. The maximum absolute atomic E-state index is 10.6. The van der Waals surface area contributed by atoms with Crippen molar-refractivity contribution >= 4 is 11.9 Å². The van der Waals surface area contributed by atoms with Gasteiger partial charge < -0.3 is 9.47 Å². The number of hydrogen-bond donors (Lipinski definition) is 0. The Balaban J connectivity index is -0.000000256. The van der Waals surface area contributed by atoms with E-state index in [-0.39, 0.29) is 44.6 Å². The molecule has 0 unspecified atom stereocenters. The number of carbonyl (C=O) groups excluding carboxylic acids is 2. The van der Waals surface area contributed by atoms with Crippen molar-refractivity contribution in [1.82, 2.24) is 0 Å². The van der Waals surface area contributed by atoms with Crippen LogP contribution in [-0.4, -0.2) is 11.9 Å². The van der Waals surface area contributed by atoms with Crippen molar-refractivity contribution in [3.05, 3.63) is 36.5 Å². The van der Waals surface area contributed by atoms with Crippen LogP contribution in [0.1, 0.15) is 41.5 Å². The summed E-state index contributed by atoms with van der Waals surface area (Å²) in [5.41, 5.74) is 0.854. The molecule has 5 heteroatoms. The smallest absolute Gasteiger partial charge is 0.301 e. The van der Waals surface area contributed by atoms with E-state index in [0.29, 0.717) is 23.4 Å². The Hall–Kier alpha value is -0.476. The maximum Gasteiger partial charge on any atom is 0.301 e. The zero-order chi connectivity index (χ0) is 14.9. The summed E-state index contributed by atoms with van der Waals surface area (Å²) in [7, 11) is 0. The molecule has 0 aliphatic rings. The maximum atomic E-state index is 10.6. The van der Waals surface area contributed by atoms with Crippen LogP contribution in [0.5, 0.6) is 0 Å². The van der Waals surface area contributed by atoms with Gasteiger partial charge in [-0.25, -0.2) is 9.59 Å². The van der Waals surface area contributed by atoms with Gasteiger partial charge in [-0.1, -0.05) is 13.2 Å². The number of esters is 2. The van der Waals surface area contributed by atoms with E-state index in [0.717, 1.165) is 0 Å². The Morgan fingerprint density at radius 2 is 1.00 bits per heavy atom. The second-order valence-corrected chi connectivity index (χ2v) is 4.16. The predicted octanol–water partition coefficient (Wildman–Crippen LogP) is 3.35. The summed E-state index contributed by atoms with van der Waals surface area (Å²) in [6, 6.07) is 0. The van der Waals surface area contributed by atoms with Crippen LogP contribution >= 0.6 is 0 Å². The van der Waals surface area contributed by atoms with Gasteiger partial charge >= 0.3 is 11.9 Å². The third-order valence-electron chi connectivity index (χ3n) is 1.29. The van der Waals surface area contributed by atoms with E-state index in [4.69, 9.17) is 0 Å². The summed E-state index contributed by atoms with van der Waals surface area (Å²) < 4.78 is 9.38. The van der Waals surface area contributed by atoms with Crippen LogP contribution < -0.4 is 0 Å². The first-order valence-electron chi connectivity index (χ1n) is 5.43. The average Bonchev–Trinajstić information content (AvgIpc) is 2.16. The van der Waals surface area contributed by atoms with Gasteiger partial charge in [0.15, 0.2) is 0 Å². The topological polar surface area (TPSA) is 52.6 Å². The molecule has 0 aromatic rings. The van der Waals surface area contributed by atoms with Crippen LogP contribution in [0.3, 0.4) is 0 Å². The molecule has 0 aliphatic carbocycles. The number of ether oxygens (including phenoxy) is 2. The van der Waals surface area contributed by atoms with Crippen molar-refractivity contribution in [2.75, 3.05) is 0 Å². The first kappa shape index (κ1) is 23.6. The molecule has 0 amide bonds. The second-order valence-electron chi connectivity index (χ2n) is 4.16. The molecule has 19 heavy (non-hydrogen) atoms. The van der Waals surface area contributed by atoms with Gasteiger partial charge in [-0.05, 0) is 13.8 Å². The predicted molar refractivity (Wildman–Crippen MR) is 71.0 cm³/mol. The molecule has 0 bridgehead atoms. The molecule has 0 heterocycles. The molecule has 4 nitrogen and oxygen atoms in total. The fraction of sp³-hybridized carbons (Fsp3) is 0.429. The summed E-state index contributed by atoms with van der Waals surface area (Å²) in [4.78, 5) is 21.2. The van der Waals surface area contributed by atoms with Gasteiger partial charge in [0.1, 0.15) is 0 Å². The standard InChI is InChI=1S/2C7H11O2.Y/c2*1-5(2)7(8)9-6(3)4;/h2*1H2,2-4H3;/q2*-1;. The molecule has 0 fully saturated rings. The van der Waals surface area contributed by atoms with Crippen LogP contribution in [0.4, 0.5) is 0 Å². The van der Waals surface area contributed by atoms with Crippen molar-refractivity contribution in [2.45, 2.75) is 41.5 Å². The van der Waals surface area contributed by atoms with Gasteiger partial charge in [-0.2, -0.15) is 27.7 Å². The Morgan fingerprint density at radius 3 is 1.05 bits per heavy atom. The van der Waals surface area contributed by atoms with Gasteiger partial charge in [-0.3, -0.25) is 0 Å². The minimum absolute atomic E-state index is 0. The first-order chi connectivity index (χ1) is 8.07. The Bertz CT molecular complexity index is 287. The summed E-state index contributed by atoms with van der Waals surface area (Å²) in [6.07, 6.45) is 1.28. The molecule has 0 saturated heterocycles. The van der Waals surface area contributed by atoms with E-state index >= 15 is 0 Å². The number of rotatable bonds is 4. The van der Waals surface area contributed by atoms with Crippen molar-refractivity contribution < 1.29 is 51.8 Å². The van der Waals surface area contributed by atoms with Crippen molar-refractivity contribution in [1.29, 1.82) is 0 Å². The molecule has 0 rings (SSSR count). The second kappa shape index (κ2) is 12.6. The zero-order valence-corrected chi connectivity index (χ0v) is 15.5. The fourth-order valence-electron chi connectivity index (χ4n) is 0.545. The van der Waals surface area contributed by atoms with E-state index in [9.17, 15) is 9.59 Å². The number of hydrogen-bond acceptors (Lipinski definition) is 4. The molecular formula is C14H22O4Y-2. The van der Waals surface area contributed by atoms with Gasteiger partial charge in [0.25, 0.3) is 0 Å². The largest absolute Gasteiger partial charge is 0.631 e. The van der Waals surface area contributed by atoms with Crippen LogP contribution in [0.25, 0.3) is 0 Å². The van der Waals surface area contributed by atoms with E-state index in [2.05, 4.69) is 22.6 Å². The first-order valence-corrected chi connectivity index (χ1v) is 5.43. The van der Waals surface area contributed by atoms with Crippen LogP contribution in [0.2, 0.25) is 0 Å².